The number of nitrogens with two attached hydrogens (primary N) is 1. The first kappa shape index (κ1) is 15.3. The molecule has 4 nitrogen and oxygen atoms in total. The Morgan fingerprint density at radius 3 is 2.65 bits per heavy atom. The number of nitrogens with one attached hydrogen (secondary N) is 1. The molecule has 1 aromatic carbocycles. The van der Waals surface area contributed by atoms with Gasteiger partial charge in [-0.3, -0.25) is 4.79 Å². The highest BCUT2D eigenvalue weighted by atomic mass is 79.9. The fourth-order valence-electron chi connectivity index (χ4n) is 2.26. The largest absolute Gasteiger partial charge is 0.389 e. The Morgan fingerprint density at radius 1 is 1.35 bits per heavy atom. The normalized spacial score (nSPS) is 14.9. The number of anilines is 1. The molecule has 0 aromatic heterocycles. The lowest BCUT2D eigenvalue weighted by Gasteiger charge is -2.26. The number of nitrogens with zero attached hydrogens (tertiary/aromatic N) is 1. The minimum absolute atomic E-state index is 0.152. The van der Waals surface area contributed by atoms with E-state index in [9.17, 15) is 4.79 Å². The topological polar surface area (TPSA) is 58.4 Å². The van der Waals surface area contributed by atoms with Crippen molar-refractivity contribution >= 4 is 44.7 Å². The zero-order chi connectivity index (χ0) is 14.5. The first-order chi connectivity index (χ1) is 9.58. The minimum Gasteiger partial charge on any atom is -0.389 e. The van der Waals surface area contributed by atoms with Gasteiger partial charge in [0.2, 0.25) is 5.91 Å². The van der Waals surface area contributed by atoms with Crippen molar-refractivity contribution in [1.82, 2.24) is 4.90 Å². The van der Waals surface area contributed by atoms with Gasteiger partial charge >= 0.3 is 0 Å². The fourth-order valence-corrected chi connectivity index (χ4v) is 3.16. The van der Waals surface area contributed by atoms with E-state index in [0.717, 1.165) is 41.7 Å². The standard InChI is InChI=1S/C14H18BrN3OS/c15-12-8-10(4-5-11(12)14(16)20)17-9-13(19)18-6-2-1-3-7-18/h4-5,8,17H,1-3,6-7,9H2,(H2,16,20). The van der Waals surface area contributed by atoms with Crippen LogP contribution in [0.1, 0.15) is 24.8 Å². The molecule has 0 unspecified atom stereocenters. The van der Waals surface area contributed by atoms with E-state index in [4.69, 9.17) is 18.0 Å². The third-order valence-electron chi connectivity index (χ3n) is 3.39. The van der Waals surface area contributed by atoms with Crippen molar-refractivity contribution in [3.8, 4) is 0 Å². The van der Waals surface area contributed by atoms with Gasteiger partial charge in [-0.2, -0.15) is 0 Å². The van der Waals surface area contributed by atoms with Gasteiger partial charge in [0.15, 0.2) is 0 Å². The van der Waals surface area contributed by atoms with Crippen LogP contribution in [0.25, 0.3) is 0 Å². The summed E-state index contributed by atoms with van der Waals surface area (Å²) in [6.45, 7) is 2.08. The number of carbonyl (C=O) groups excluding carboxylic acids is 1. The molecule has 1 saturated heterocycles. The molecule has 0 saturated carbocycles. The predicted molar refractivity (Wildman–Crippen MR) is 89.0 cm³/mol. The quantitative estimate of drug-likeness (QED) is 0.814. The maximum absolute atomic E-state index is 12.0. The summed E-state index contributed by atoms with van der Waals surface area (Å²) >= 11 is 8.38. The summed E-state index contributed by atoms with van der Waals surface area (Å²) in [5, 5.41) is 3.14. The number of rotatable bonds is 4. The van der Waals surface area contributed by atoms with Crippen LogP contribution in [-0.2, 0) is 4.79 Å². The Balaban J connectivity index is 1.92. The monoisotopic (exact) mass is 355 g/mol. The van der Waals surface area contributed by atoms with Gasteiger partial charge in [-0.05, 0) is 53.4 Å². The van der Waals surface area contributed by atoms with Crippen LogP contribution in [0.3, 0.4) is 0 Å². The Kier molecular flexibility index (Phi) is 5.37. The third kappa shape index (κ3) is 3.93. The van der Waals surface area contributed by atoms with Gasteiger partial charge in [0.1, 0.15) is 4.99 Å². The molecule has 6 heteroatoms. The van der Waals surface area contributed by atoms with E-state index in [0.29, 0.717) is 11.5 Å². The number of carbonyl (C=O) groups is 1. The summed E-state index contributed by atoms with van der Waals surface area (Å²) in [6, 6.07) is 5.61. The molecule has 1 aliphatic heterocycles. The second kappa shape index (κ2) is 7.04. The molecule has 20 heavy (non-hydrogen) atoms. The van der Waals surface area contributed by atoms with Crippen molar-refractivity contribution in [1.29, 1.82) is 0 Å². The lowest BCUT2D eigenvalue weighted by molar-refractivity contribution is -0.130. The zero-order valence-electron chi connectivity index (χ0n) is 11.2. The Labute approximate surface area is 132 Å². The van der Waals surface area contributed by atoms with E-state index in [2.05, 4.69) is 21.2 Å². The highest BCUT2D eigenvalue weighted by Crippen LogP contribution is 2.21. The van der Waals surface area contributed by atoms with Crippen LogP contribution in [-0.4, -0.2) is 35.4 Å². The first-order valence-electron chi connectivity index (χ1n) is 6.69. The second-order valence-electron chi connectivity index (χ2n) is 4.85. The predicted octanol–water partition coefficient (Wildman–Crippen LogP) is 2.51. The average Bonchev–Trinajstić information content (AvgIpc) is 2.45. The van der Waals surface area contributed by atoms with Crippen LogP contribution in [0.4, 0.5) is 5.69 Å². The summed E-state index contributed by atoms with van der Waals surface area (Å²) in [5.74, 6) is 0.152. The van der Waals surface area contributed by atoms with Gasteiger partial charge in [0, 0.05) is 28.8 Å². The molecular weight excluding hydrogens is 338 g/mol. The minimum atomic E-state index is 0.152. The van der Waals surface area contributed by atoms with Crippen LogP contribution >= 0.6 is 28.1 Å². The van der Waals surface area contributed by atoms with Crippen LogP contribution in [0.15, 0.2) is 22.7 Å². The summed E-state index contributed by atoms with van der Waals surface area (Å²) < 4.78 is 0.834. The molecule has 3 N–H and O–H groups in total. The molecule has 0 bridgehead atoms. The number of halogens is 1. The molecule has 1 aliphatic rings. The van der Waals surface area contributed by atoms with E-state index in [1.54, 1.807) is 0 Å². The summed E-state index contributed by atoms with van der Waals surface area (Å²) in [7, 11) is 0. The van der Waals surface area contributed by atoms with Crippen molar-refractivity contribution in [3.63, 3.8) is 0 Å². The number of benzene rings is 1. The molecular formula is C14H18BrN3OS. The number of hydrogen-bond donors (Lipinski definition) is 2. The molecule has 0 aliphatic carbocycles. The molecule has 1 amide bonds. The van der Waals surface area contributed by atoms with Crippen molar-refractivity contribution in [2.45, 2.75) is 19.3 Å². The second-order valence-corrected chi connectivity index (χ2v) is 6.15. The number of piperidine rings is 1. The van der Waals surface area contributed by atoms with Gasteiger partial charge in [-0.15, -0.1) is 0 Å². The molecule has 0 atom stereocenters. The molecule has 0 radical (unpaired) electrons. The van der Waals surface area contributed by atoms with Gasteiger partial charge in [0.25, 0.3) is 0 Å². The molecule has 0 spiro atoms. The van der Waals surface area contributed by atoms with Gasteiger partial charge in [-0.25, -0.2) is 0 Å². The maximum atomic E-state index is 12.0. The molecule has 1 aromatic rings. The highest BCUT2D eigenvalue weighted by Gasteiger charge is 2.15. The number of amides is 1. The Morgan fingerprint density at radius 2 is 2.05 bits per heavy atom. The van der Waals surface area contributed by atoms with Crippen LogP contribution in [0.2, 0.25) is 0 Å². The fraction of sp³-hybridized carbons (Fsp3) is 0.429. The number of likely N-dealkylation sites (tertiary alicyclic amines) is 1. The lowest BCUT2D eigenvalue weighted by Crippen LogP contribution is -2.39. The van der Waals surface area contributed by atoms with Crippen molar-refractivity contribution in [2.75, 3.05) is 25.0 Å². The molecule has 108 valence electrons. The molecule has 1 fully saturated rings. The van der Waals surface area contributed by atoms with Crippen molar-refractivity contribution in [2.24, 2.45) is 5.73 Å². The van der Waals surface area contributed by atoms with Gasteiger partial charge in [0.05, 0.1) is 6.54 Å². The van der Waals surface area contributed by atoms with Crippen molar-refractivity contribution < 1.29 is 4.79 Å². The highest BCUT2D eigenvalue weighted by molar-refractivity contribution is 9.10. The van der Waals surface area contributed by atoms with Crippen molar-refractivity contribution in [3.05, 3.63) is 28.2 Å². The maximum Gasteiger partial charge on any atom is 0.241 e. The Bertz CT molecular complexity index is 515. The van der Waals surface area contributed by atoms with Gasteiger partial charge < -0.3 is 16.0 Å². The van der Waals surface area contributed by atoms with Crippen LogP contribution in [0, 0.1) is 0 Å². The summed E-state index contributed by atoms with van der Waals surface area (Å²) in [4.78, 5) is 14.3. The third-order valence-corrected chi connectivity index (χ3v) is 4.26. The molecule has 1 heterocycles. The van der Waals surface area contributed by atoms with E-state index in [-0.39, 0.29) is 5.91 Å². The van der Waals surface area contributed by atoms with Crippen LogP contribution < -0.4 is 11.1 Å². The van der Waals surface area contributed by atoms with E-state index in [1.807, 2.05) is 23.1 Å². The smallest absolute Gasteiger partial charge is 0.241 e. The van der Waals surface area contributed by atoms with E-state index >= 15 is 0 Å². The van der Waals surface area contributed by atoms with Gasteiger partial charge in [-0.1, -0.05) is 12.2 Å². The Hall–Kier alpha value is -1.14. The van der Waals surface area contributed by atoms with E-state index in [1.165, 1.54) is 6.42 Å². The zero-order valence-corrected chi connectivity index (χ0v) is 13.6. The number of thiocarbonyl (C=S) groups is 1. The summed E-state index contributed by atoms with van der Waals surface area (Å²) in [6.07, 6.45) is 3.45. The van der Waals surface area contributed by atoms with Crippen LogP contribution in [0.5, 0.6) is 0 Å². The lowest BCUT2D eigenvalue weighted by atomic mass is 10.1. The summed E-state index contributed by atoms with van der Waals surface area (Å²) in [5.41, 5.74) is 7.28. The molecule has 2 rings (SSSR count). The first-order valence-corrected chi connectivity index (χ1v) is 7.89. The van der Waals surface area contributed by atoms with E-state index < -0.39 is 0 Å². The number of hydrogen-bond acceptors (Lipinski definition) is 3. The SMILES string of the molecule is NC(=S)c1ccc(NCC(=O)N2CCCCC2)cc1Br. The average molecular weight is 356 g/mol.